The lowest BCUT2D eigenvalue weighted by atomic mass is 10.2. The lowest BCUT2D eigenvalue weighted by molar-refractivity contribution is 0.569. The van der Waals surface area contributed by atoms with Gasteiger partial charge >= 0.3 is 0 Å². The zero-order valence-electron chi connectivity index (χ0n) is 8.57. The van der Waals surface area contributed by atoms with Crippen LogP contribution in [0.3, 0.4) is 0 Å². The molecule has 0 spiro atoms. The van der Waals surface area contributed by atoms with Crippen LogP contribution in [-0.2, 0) is 0 Å². The van der Waals surface area contributed by atoms with Gasteiger partial charge in [-0.1, -0.05) is 15.9 Å². The van der Waals surface area contributed by atoms with Gasteiger partial charge in [-0.3, -0.25) is 0 Å². The number of benzene rings is 1. The summed E-state index contributed by atoms with van der Waals surface area (Å²) >= 11 is 10.9. The zero-order valence-corrected chi connectivity index (χ0v) is 11.8. The molecule has 16 heavy (non-hydrogen) atoms. The second-order valence-electron chi connectivity index (χ2n) is 3.98. The van der Waals surface area contributed by atoms with Gasteiger partial charge in [0.25, 0.3) is 0 Å². The van der Waals surface area contributed by atoms with E-state index in [9.17, 15) is 0 Å². The fourth-order valence-electron chi connectivity index (χ4n) is 2.18. The molecule has 0 bridgehead atoms. The van der Waals surface area contributed by atoms with Crippen molar-refractivity contribution in [1.29, 1.82) is 0 Å². The minimum absolute atomic E-state index is 0.556. The van der Waals surface area contributed by atoms with Crippen molar-refractivity contribution >= 4 is 50.9 Å². The quantitative estimate of drug-likeness (QED) is 0.798. The second-order valence-corrected chi connectivity index (χ2v) is 6.43. The van der Waals surface area contributed by atoms with Crippen molar-refractivity contribution in [3.8, 4) is 0 Å². The molecule has 0 aliphatic carbocycles. The number of rotatable bonds is 1. The molecular formula is C11H11BrN2S2. The predicted molar refractivity (Wildman–Crippen MR) is 75.8 cm³/mol. The Bertz CT molecular complexity index is 581. The average molecular weight is 315 g/mol. The fourth-order valence-corrected chi connectivity index (χ4v) is 4.08. The maximum Gasteiger partial charge on any atom is 0.178 e. The first-order chi connectivity index (χ1) is 7.75. The summed E-state index contributed by atoms with van der Waals surface area (Å²) in [4.78, 5) is 3.28. The Morgan fingerprint density at radius 1 is 1.50 bits per heavy atom. The van der Waals surface area contributed by atoms with E-state index in [1.807, 2.05) is 17.8 Å². The summed E-state index contributed by atoms with van der Waals surface area (Å²) in [6.07, 6.45) is 1.22. The molecule has 0 saturated carbocycles. The third kappa shape index (κ3) is 1.75. The van der Waals surface area contributed by atoms with Gasteiger partial charge in [0, 0.05) is 16.3 Å². The molecule has 1 aliphatic rings. The van der Waals surface area contributed by atoms with E-state index in [2.05, 4.69) is 37.6 Å². The molecule has 5 heteroatoms. The van der Waals surface area contributed by atoms with E-state index in [-0.39, 0.29) is 0 Å². The summed E-state index contributed by atoms with van der Waals surface area (Å²) in [5.74, 6) is 2.42. The van der Waals surface area contributed by atoms with Crippen LogP contribution in [0.1, 0.15) is 12.5 Å². The van der Waals surface area contributed by atoms with E-state index in [1.54, 1.807) is 0 Å². The van der Waals surface area contributed by atoms with E-state index >= 15 is 0 Å². The largest absolute Gasteiger partial charge is 0.331 e. The van der Waals surface area contributed by atoms with Crippen molar-refractivity contribution in [2.75, 3.05) is 11.5 Å². The normalized spacial score (nSPS) is 20.7. The van der Waals surface area contributed by atoms with Crippen LogP contribution in [0.2, 0.25) is 0 Å². The summed E-state index contributed by atoms with van der Waals surface area (Å²) in [6, 6.07) is 6.82. The number of nitrogens with one attached hydrogen (secondary N) is 1. The zero-order chi connectivity index (χ0) is 11.1. The minimum atomic E-state index is 0.556. The van der Waals surface area contributed by atoms with Crippen molar-refractivity contribution in [3.05, 3.63) is 27.4 Å². The monoisotopic (exact) mass is 314 g/mol. The highest BCUT2D eigenvalue weighted by molar-refractivity contribution is 9.10. The van der Waals surface area contributed by atoms with Crippen molar-refractivity contribution in [3.63, 3.8) is 0 Å². The van der Waals surface area contributed by atoms with Gasteiger partial charge in [0.2, 0.25) is 0 Å². The van der Waals surface area contributed by atoms with Crippen molar-refractivity contribution < 1.29 is 0 Å². The van der Waals surface area contributed by atoms with Gasteiger partial charge in [-0.05, 0) is 42.6 Å². The van der Waals surface area contributed by atoms with Crippen LogP contribution in [-0.4, -0.2) is 21.1 Å². The van der Waals surface area contributed by atoms with Crippen LogP contribution >= 0.6 is 39.9 Å². The minimum Gasteiger partial charge on any atom is -0.331 e. The van der Waals surface area contributed by atoms with Gasteiger partial charge in [0.05, 0.1) is 11.0 Å². The molecule has 1 saturated heterocycles. The highest BCUT2D eigenvalue weighted by atomic mass is 79.9. The van der Waals surface area contributed by atoms with E-state index in [4.69, 9.17) is 12.2 Å². The lowest BCUT2D eigenvalue weighted by Crippen LogP contribution is -2.07. The lowest BCUT2D eigenvalue weighted by Gasteiger charge is -2.11. The summed E-state index contributed by atoms with van der Waals surface area (Å²) in [6.45, 7) is 0. The number of hydrogen-bond acceptors (Lipinski definition) is 2. The van der Waals surface area contributed by atoms with Gasteiger partial charge in [0.15, 0.2) is 4.77 Å². The molecular weight excluding hydrogens is 304 g/mol. The highest BCUT2D eigenvalue weighted by Gasteiger charge is 2.20. The summed E-state index contributed by atoms with van der Waals surface area (Å²) < 4.78 is 4.23. The topological polar surface area (TPSA) is 20.7 Å². The van der Waals surface area contributed by atoms with E-state index in [1.165, 1.54) is 23.4 Å². The molecule has 1 atom stereocenters. The van der Waals surface area contributed by atoms with E-state index in [0.29, 0.717) is 6.04 Å². The highest BCUT2D eigenvalue weighted by Crippen LogP contribution is 2.31. The van der Waals surface area contributed by atoms with Gasteiger partial charge in [0.1, 0.15) is 0 Å². The Kier molecular flexibility index (Phi) is 2.85. The molecule has 0 radical (unpaired) electrons. The van der Waals surface area contributed by atoms with Gasteiger partial charge in [-0.2, -0.15) is 11.8 Å². The smallest absolute Gasteiger partial charge is 0.178 e. The SMILES string of the molecule is S=c1[nH]c2ccc(Br)cc2n1C1CCSC1. The first kappa shape index (κ1) is 10.9. The average Bonchev–Trinajstić information content (AvgIpc) is 2.83. The number of fused-ring (bicyclic) bond motifs is 1. The molecule has 1 aromatic heterocycles. The maximum atomic E-state index is 5.42. The van der Waals surface area contributed by atoms with Crippen LogP contribution in [0.15, 0.2) is 22.7 Å². The first-order valence-electron chi connectivity index (χ1n) is 5.23. The van der Waals surface area contributed by atoms with Gasteiger partial charge < -0.3 is 9.55 Å². The summed E-state index contributed by atoms with van der Waals surface area (Å²) in [5, 5.41) is 0. The van der Waals surface area contributed by atoms with E-state index in [0.717, 1.165) is 14.8 Å². The maximum absolute atomic E-state index is 5.42. The number of H-pyrrole nitrogens is 1. The number of thioether (sulfide) groups is 1. The number of aromatic nitrogens is 2. The standard InChI is InChI=1S/C11H11BrN2S2/c12-7-1-2-9-10(5-7)14(11(15)13-9)8-3-4-16-6-8/h1-2,5,8H,3-4,6H2,(H,13,15). The number of imidazole rings is 1. The number of aromatic amines is 1. The Labute approximate surface area is 112 Å². The van der Waals surface area contributed by atoms with Crippen molar-refractivity contribution in [1.82, 2.24) is 9.55 Å². The molecule has 1 N–H and O–H groups in total. The summed E-state index contributed by atoms with van der Waals surface area (Å²) in [7, 11) is 0. The van der Waals surface area contributed by atoms with Crippen LogP contribution in [0.25, 0.3) is 11.0 Å². The van der Waals surface area contributed by atoms with Crippen LogP contribution in [0.4, 0.5) is 0 Å². The number of halogens is 1. The molecule has 1 unspecified atom stereocenters. The molecule has 84 valence electrons. The van der Waals surface area contributed by atoms with Crippen LogP contribution in [0.5, 0.6) is 0 Å². The number of nitrogens with zero attached hydrogens (tertiary/aromatic N) is 1. The summed E-state index contributed by atoms with van der Waals surface area (Å²) in [5.41, 5.74) is 2.34. The molecule has 2 aromatic rings. The van der Waals surface area contributed by atoms with Gasteiger partial charge in [-0.15, -0.1) is 0 Å². The third-order valence-corrected chi connectivity index (χ3v) is 4.89. The third-order valence-electron chi connectivity index (χ3n) is 2.95. The second kappa shape index (κ2) is 4.20. The Hall–Kier alpha value is -0.260. The Balaban J connectivity index is 2.25. The van der Waals surface area contributed by atoms with Gasteiger partial charge in [-0.25, -0.2) is 0 Å². The van der Waals surface area contributed by atoms with Crippen molar-refractivity contribution in [2.45, 2.75) is 12.5 Å². The molecule has 1 aliphatic heterocycles. The predicted octanol–water partition coefficient (Wildman–Crippen LogP) is 4.14. The molecule has 2 heterocycles. The molecule has 3 rings (SSSR count). The fraction of sp³-hybridized carbons (Fsp3) is 0.364. The molecule has 1 aromatic carbocycles. The molecule has 0 amide bonds. The van der Waals surface area contributed by atoms with Crippen LogP contribution in [0, 0.1) is 4.77 Å². The Morgan fingerprint density at radius 3 is 3.12 bits per heavy atom. The van der Waals surface area contributed by atoms with Crippen LogP contribution < -0.4 is 0 Å². The van der Waals surface area contributed by atoms with Crippen molar-refractivity contribution in [2.24, 2.45) is 0 Å². The molecule has 2 nitrogen and oxygen atoms in total. The number of hydrogen-bond donors (Lipinski definition) is 1. The molecule has 1 fully saturated rings. The first-order valence-corrected chi connectivity index (χ1v) is 7.59. The Morgan fingerprint density at radius 2 is 2.38 bits per heavy atom. The van der Waals surface area contributed by atoms with E-state index < -0.39 is 0 Å².